The molecule has 6 heteroatoms. The molecule has 2 aromatic rings. The van der Waals surface area contributed by atoms with Crippen molar-refractivity contribution in [1.82, 2.24) is 0 Å². The van der Waals surface area contributed by atoms with Gasteiger partial charge in [-0.3, -0.25) is 0 Å². The van der Waals surface area contributed by atoms with E-state index in [1.54, 1.807) is 0 Å². The molecule has 2 rings (SSSR count). The van der Waals surface area contributed by atoms with Gasteiger partial charge in [0.1, 0.15) is 18.2 Å². The van der Waals surface area contributed by atoms with Crippen LogP contribution in [-0.2, 0) is 11.3 Å². The fraction of sp³-hybridized carbons (Fsp3) is 0.0714. The summed E-state index contributed by atoms with van der Waals surface area (Å²) in [7, 11) is 0. The van der Waals surface area contributed by atoms with Gasteiger partial charge in [0.15, 0.2) is 0 Å². The lowest BCUT2D eigenvalue weighted by Gasteiger charge is -2.06. The summed E-state index contributed by atoms with van der Waals surface area (Å²) in [4.78, 5) is 11.7. The lowest BCUT2D eigenvalue weighted by molar-refractivity contribution is 0.0472. The second kappa shape index (κ2) is 5.88. The van der Waals surface area contributed by atoms with Crippen LogP contribution in [0.25, 0.3) is 0 Å². The number of carbonyl (C=O) groups excluding carboxylic acids is 1. The van der Waals surface area contributed by atoms with Crippen LogP contribution in [0, 0.1) is 11.6 Å². The topological polar surface area (TPSA) is 52.3 Å². The van der Waals surface area contributed by atoms with E-state index in [9.17, 15) is 13.6 Å². The van der Waals surface area contributed by atoms with Crippen LogP contribution in [-0.4, -0.2) is 5.97 Å². The van der Waals surface area contributed by atoms with Gasteiger partial charge in [-0.2, -0.15) is 0 Å². The van der Waals surface area contributed by atoms with Crippen molar-refractivity contribution in [2.45, 2.75) is 6.61 Å². The molecule has 2 N–H and O–H groups in total. The molecule has 104 valence electrons. The molecule has 0 aliphatic carbocycles. The highest BCUT2D eigenvalue weighted by molar-refractivity contribution is 6.33. The highest BCUT2D eigenvalue weighted by Gasteiger charge is 2.10. The van der Waals surface area contributed by atoms with Crippen LogP contribution in [0.3, 0.4) is 0 Å². The summed E-state index contributed by atoms with van der Waals surface area (Å²) in [5.74, 6) is -2.11. The van der Waals surface area contributed by atoms with Crippen molar-refractivity contribution in [1.29, 1.82) is 0 Å². The molecule has 0 saturated carbocycles. The van der Waals surface area contributed by atoms with E-state index in [2.05, 4.69) is 0 Å². The first kappa shape index (κ1) is 14.3. The largest absolute Gasteiger partial charge is 0.457 e. The van der Waals surface area contributed by atoms with Gasteiger partial charge >= 0.3 is 5.97 Å². The van der Waals surface area contributed by atoms with E-state index in [1.165, 1.54) is 18.2 Å². The minimum absolute atomic E-state index is 0.212. The van der Waals surface area contributed by atoms with Crippen molar-refractivity contribution in [2.75, 3.05) is 5.73 Å². The molecule has 0 aliphatic heterocycles. The third-order valence-electron chi connectivity index (χ3n) is 2.52. The van der Waals surface area contributed by atoms with E-state index in [-0.39, 0.29) is 23.4 Å². The lowest BCUT2D eigenvalue weighted by Crippen LogP contribution is -2.06. The Morgan fingerprint density at radius 3 is 2.40 bits per heavy atom. The zero-order chi connectivity index (χ0) is 14.7. The van der Waals surface area contributed by atoms with Crippen molar-refractivity contribution < 1.29 is 18.3 Å². The standard InChI is InChI=1S/C14H10ClF2NO2/c15-12-2-1-9(5-13(12)18)14(19)20-7-8-3-10(16)6-11(17)4-8/h1-6H,7,18H2. The lowest BCUT2D eigenvalue weighted by atomic mass is 10.2. The Hall–Kier alpha value is -2.14. The first-order valence-electron chi connectivity index (χ1n) is 5.63. The van der Waals surface area contributed by atoms with Crippen molar-refractivity contribution in [2.24, 2.45) is 0 Å². The number of rotatable bonds is 3. The number of esters is 1. The van der Waals surface area contributed by atoms with E-state index in [0.29, 0.717) is 5.02 Å². The van der Waals surface area contributed by atoms with Gasteiger partial charge in [-0.05, 0) is 35.9 Å². The number of carbonyl (C=O) groups is 1. The summed E-state index contributed by atoms with van der Waals surface area (Å²) in [5, 5.41) is 0.328. The third-order valence-corrected chi connectivity index (χ3v) is 2.87. The monoisotopic (exact) mass is 297 g/mol. The zero-order valence-electron chi connectivity index (χ0n) is 10.2. The van der Waals surface area contributed by atoms with Gasteiger partial charge in [-0.1, -0.05) is 11.6 Å². The number of anilines is 1. The minimum atomic E-state index is -0.730. The van der Waals surface area contributed by atoms with Crippen molar-refractivity contribution in [3.8, 4) is 0 Å². The molecule has 0 bridgehead atoms. The molecule has 0 aromatic heterocycles. The predicted molar refractivity (Wildman–Crippen MR) is 71.3 cm³/mol. The Bertz CT molecular complexity index is 641. The van der Waals surface area contributed by atoms with Crippen LogP contribution in [0.5, 0.6) is 0 Å². The van der Waals surface area contributed by atoms with E-state index < -0.39 is 17.6 Å². The van der Waals surface area contributed by atoms with Crippen molar-refractivity contribution >= 4 is 23.3 Å². The van der Waals surface area contributed by atoms with Crippen molar-refractivity contribution in [3.63, 3.8) is 0 Å². The first-order valence-corrected chi connectivity index (χ1v) is 6.00. The van der Waals surface area contributed by atoms with Crippen LogP contribution in [0.4, 0.5) is 14.5 Å². The van der Waals surface area contributed by atoms with Gasteiger partial charge in [0, 0.05) is 6.07 Å². The first-order chi connectivity index (χ1) is 9.45. The molecule has 0 radical (unpaired) electrons. The number of hydrogen-bond acceptors (Lipinski definition) is 3. The van der Waals surface area contributed by atoms with Gasteiger partial charge in [0.25, 0.3) is 0 Å². The second-order valence-electron chi connectivity index (χ2n) is 4.09. The number of hydrogen-bond donors (Lipinski definition) is 1. The van der Waals surface area contributed by atoms with E-state index >= 15 is 0 Å². The van der Waals surface area contributed by atoms with Crippen LogP contribution in [0.15, 0.2) is 36.4 Å². The molecule has 3 nitrogen and oxygen atoms in total. The second-order valence-corrected chi connectivity index (χ2v) is 4.50. The molecule has 0 saturated heterocycles. The molecule has 0 aliphatic rings. The molecule has 0 fully saturated rings. The predicted octanol–water partition coefficient (Wildman–Crippen LogP) is 3.56. The highest BCUT2D eigenvalue weighted by Crippen LogP contribution is 2.20. The summed E-state index contributed by atoms with van der Waals surface area (Å²) < 4.78 is 30.9. The van der Waals surface area contributed by atoms with E-state index in [4.69, 9.17) is 22.1 Å². The maximum Gasteiger partial charge on any atom is 0.338 e. The summed E-state index contributed by atoms with van der Waals surface area (Å²) in [5.41, 5.74) is 6.25. The van der Waals surface area contributed by atoms with E-state index in [1.807, 2.05) is 0 Å². The Morgan fingerprint density at radius 2 is 1.80 bits per heavy atom. The fourth-order valence-electron chi connectivity index (χ4n) is 1.60. The van der Waals surface area contributed by atoms with Gasteiger partial charge in [-0.15, -0.1) is 0 Å². The Labute approximate surface area is 118 Å². The maximum absolute atomic E-state index is 13.0. The molecule has 0 spiro atoms. The Kier molecular flexibility index (Phi) is 4.20. The fourth-order valence-corrected chi connectivity index (χ4v) is 1.71. The number of halogens is 3. The molecular weight excluding hydrogens is 288 g/mol. The zero-order valence-corrected chi connectivity index (χ0v) is 11.0. The molecule has 2 aromatic carbocycles. The van der Waals surface area contributed by atoms with Crippen LogP contribution in [0.2, 0.25) is 5.02 Å². The number of nitrogens with two attached hydrogens (primary N) is 1. The summed E-state index contributed by atoms with van der Waals surface area (Å²) in [6, 6.07) is 7.21. The van der Waals surface area contributed by atoms with Gasteiger partial charge < -0.3 is 10.5 Å². The number of nitrogen functional groups attached to an aromatic ring is 1. The average molecular weight is 298 g/mol. The Morgan fingerprint density at radius 1 is 1.15 bits per heavy atom. The highest BCUT2D eigenvalue weighted by atomic mass is 35.5. The molecule has 0 atom stereocenters. The smallest absolute Gasteiger partial charge is 0.338 e. The van der Waals surface area contributed by atoms with Crippen LogP contribution >= 0.6 is 11.6 Å². The average Bonchev–Trinajstić information content (AvgIpc) is 2.38. The minimum Gasteiger partial charge on any atom is -0.457 e. The maximum atomic E-state index is 13.0. The Balaban J connectivity index is 2.06. The van der Waals surface area contributed by atoms with Crippen molar-refractivity contribution in [3.05, 3.63) is 64.2 Å². The normalized spacial score (nSPS) is 10.3. The number of ether oxygens (including phenoxy) is 1. The molecule has 0 heterocycles. The summed E-state index contributed by atoms with van der Waals surface area (Å²) in [6.07, 6.45) is 0. The molecule has 0 amide bonds. The quantitative estimate of drug-likeness (QED) is 0.696. The van der Waals surface area contributed by atoms with Gasteiger partial charge in [-0.25, -0.2) is 13.6 Å². The molecular formula is C14H10ClF2NO2. The third kappa shape index (κ3) is 3.45. The van der Waals surface area contributed by atoms with Crippen LogP contribution < -0.4 is 5.73 Å². The van der Waals surface area contributed by atoms with Crippen LogP contribution in [0.1, 0.15) is 15.9 Å². The summed E-state index contributed by atoms with van der Waals surface area (Å²) >= 11 is 5.73. The SMILES string of the molecule is Nc1cc(C(=O)OCc2cc(F)cc(F)c2)ccc1Cl. The number of benzene rings is 2. The van der Waals surface area contributed by atoms with E-state index in [0.717, 1.165) is 18.2 Å². The summed E-state index contributed by atoms with van der Waals surface area (Å²) in [6.45, 7) is -0.240. The van der Waals surface area contributed by atoms with Gasteiger partial charge in [0.2, 0.25) is 0 Å². The molecule has 20 heavy (non-hydrogen) atoms. The van der Waals surface area contributed by atoms with Gasteiger partial charge in [0.05, 0.1) is 16.3 Å². The molecule has 0 unspecified atom stereocenters.